The van der Waals surface area contributed by atoms with Gasteiger partial charge in [-0.25, -0.2) is 0 Å². The Morgan fingerprint density at radius 1 is 0.606 bits per heavy atom. The Kier molecular flexibility index (Phi) is 25.8. The first kappa shape index (κ1) is 34.6. The van der Waals surface area contributed by atoms with Crippen molar-refractivity contribution in [3.63, 3.8) is 0 Å². The minimum atomic E-state index is -1.35. The second-order valence-electron chi connectivity index (χ2n) is 9.23. The summed E-state index contributed by atoms with van der Waals surface area (Å²) in [6.07, 6.45) is 14.0. The summed E-state index contributed by atoms with van der Waals surface area (Å²) < 4.78 is 3.25. The van der Waals surface area contributed by atoms with Gasteiger partial charge in [-0.1, -0.05) is 79.1 Å². The molecule has 0 fully saturated rings. The van der Waals surface area contributed by atoms with Crippen LogP contribution in [0.4, 0.5) is 0 Å². The van der Waals surface area contributed by atoms with Crippen molar-refractivity contribution in [3.05, 3.63) is 11.1 Å². The van der Waals surface area contributed by atoms with E-state index in [9.17, 15) is 19.8 Å². The van der Waals surface area contributed by atoms with Gasteiger partial charge in [-0.05, 0) is 35.8 Å². The van der Waals surface area contributed by atoms with Crippen molar-refractivity contribution in [2.24, 2.45) is 11.8 Å². The molecule has 0 heterocycles. The fourth-order valence-corrected chi connectivity index (χ4v) is 8.01. The third-order valence-electron chi connectivity index (χ3n) is 6.34. The number of carbonyl (C=O) groups is 2. The zero-order valence-electron chi connectivity index (χ0n) is 22.6. The fourth-order valence-electron chi connectivity index (χ4n) is 3.85. The molecule has 0 saturated heterocycles. The van der Waals surface area contributed by atoms with Crippen LogP contribution in [0.3, 0.4) is 0 Å². The van der Waals surface area contributed by atoms with Gasteiger partial charge in [-0.2, -0.15) is 0 Å². The quantitative estimate of drug-likeness (QED) is 0.100. The molecule has 33 heavy (non-hydrogen) atoms. The van der Waals surface area contributed by atoms with E-state index in [0.717, 1.165) is 51.4 Å². The molecule has 0 rings (SSSR count). The molecule has 0 aliphatic rings. The SMILES string of the molecule is CCCCC(CC)C/C(C(=O)[O-])=C(\CC(CC)CCCC)C(=O)[O-].CCC[CH2][Sn+2][CH2]CCC. The van der Waals surface area contributed by atoms with Crippen LogP contribution in [-0.2, 0) is 9.59 Å². The molecular formula is C28H52O4Sn. The molecule has 0 bridgehead atoms. The van der Waals surface area contributed by atoms with Crippen LogP contribution in [0.5, 0.6) is 0 Å². The van der Waals surface area contributed by atoms with E-state index < -0.39 is 11.9 Å². The summed E-state index contributed by atoms with van der Waals surface area (Å²) in [6, 6.07) is 0. The average molecular weight is 571 g/mol. The third kappa shape index (κ3) is 19.5. The van der Waals surface area contributed by atoms with E-state index >= 15 is 0 Å². The van der Waals surface area contributed by atoms with Crippen molar-refractivity contribution < 1.29 is 19.8 Å². The van der Waals surface area contributed by atoms with Gasteiger partial charge in [0.2, 0.25) is 0 Å². The molecule has 4 nitrogen and oxygen atoms in total. The number of carboxylic acid groups (broad SMARTS) is 2. The zero-order valence-corrected chi connectivity index (χ0v) is 25.5. The summed E-state index contributed by atoms with van der Waals surface area (Å²) in [5.41, 5.74) is -0.0965. The molecule has 0 radical (unpaired) electrons. The number of hydrogen-bond acceptors (Lipinski definition) is 4. The molecule has 2 atom stereocenters. The number of carbonyl (C=O) groups excluding carboxylic acids is 2. The van der Waals surface area contributed by atoms with Crippen molar-refractivity contribution in [2.75, 3.05) is 0 Å². The van der Waals surface area contributed by atoms with Crippen LogP contribution in [0.15, 0.2) is 11.1 Å². The van der Waals surface area contributed by atoms with Gasteiger partial charge in [0.25, 0.3) is 0 Å². The Hall–Kier alpha value is -0.521. The predicted molar refractivity (Wildman–Crippen MR) is 138 cm³/mol. The first-order chi connectivity index (χ1) is 15.8. The minimum absolute atomic E-state index is 0.0482. The van der Waals surface area contributed by atoms with Crippen molar-refractivity contribution >= 4 is 33.1 Å². The van der Waals surface area contributed by atoms with Crippen LogP contribution >= 0.6 is 0 Å². The molecule has 0 aromatic carbocycles. The number of carboxylic acids is 2. The van der Waals surface area contributed by atoms with E-state index in [1.54, 1.807) is 8.87 Å². The molecule has 0 aromatic rings. The number of aliphatic carboxylic acids is 2. The molecule has 0 N–H and O–H groups in total. The maximum absolute atomic E-state index is 11.6. The number of unbranched alkanes of at least 4 members (excludes halogenated alkanes) is 4. The Labute approximate surface area is 215 Å². The van der Waals surface area contributed by atoms with Crippen molar-refractivity contribution in [1.29, 1.82) is 0 Å². The van der Waals surface area contributed by atoms with E-state index in [-0.39, 0.29) is 57.0 Å². The van der Waals surface area contributed by atoms with Gasteiger partial charge in [0.05, 0.1) is 11.9 Å². The topological polar surface area (TPSA) is 80.3 Å². The molecule has 5 heteroatoms. The monoisotopic (exact) mass is 572 g/mol. The van der Waals surface area contributed by atoms with E-state index in [1.165, 1.54) is 25.7 Å². The molecule has 0 saturated carbocycles. The number of rotatable bonds is 20. The van der Waals surface area contributed by atoms with Gasteiger partial charge in [-0.3, -0.25) is 0 Å². The third-order valence-corrected chi connectivity index (χ3v) is 10.4. The van der Waals surface area contributed by atoms with Gasteiger partial charge in [0, 0.05) is 0 Å². The summed E-state index contributed by atoms with van der Waals surface area (Å²) in [7, 11) is 0. The van der Waals surface area contributed by atoms with E-state index in [2.05, 4.69) is 27.7 Å². The van der Waals surface area contributed by atoms with Crippen LogP contribution in [0.25, 0.3) is 0 Å². The summed E-state index contributed by atoms with van der Waals surface area (Å²) in [4.78, 5) is 23.2. The predicted octanol–water partition coefficient (Wildman–Crippen LogP) is 6.12. The molecule has 192 valence electrons. The van der Waals surface area contributed by atoms with Crippen LogP contribution in [0.1, 0.15) is 131 Å². The Morgan fingerprint density at radius 3 is 1.18 bits per heavy atom. The fraction of sp³-hybridized carbons (Fsp3) is 0.857. The molecule has 0 amide bonds. The summed E-state index contributed by atoms with van der Waals surface area (Å²) in [6.45, 7) is 12.8. The van der Waals surface area contributed by atoms with Gasteiger partial charge >= 0.3 is 69.5 Å². The molecule has 0 aliphatic heterocycles. The van der Waals surface area contributed by atoms with Gasteiger partial charge < -0.3 is 19.8 Å². The first-order valence-corrected chi connectivity index (χ1v) is 17.7. The first-order valence-electron chi connectivity index (χ1n) is 13.7. The van der Waals surface area contributed by atoms with Gasteiger partial charge in [0.15, 0.2) is 0 Å². The second-order valence-corrected chi connectivity index (χ2v) is 13.5. The Balaban J connectivity index is 0. The van der Waals surface area contributed by atoms with Crippen LogP contribution in [0, 0.1) is 11.8 Å². The molecule has 0 spiro atoms. The van der Waals surface area contributed by atoms with E-state index in [1.807, 2.05) is 13.8 Å². The molecule has 2 unspecified atom stereocenters. The number of hydrogen-bond donors (Lipinski definition) is 0. The van der Waals surface area contributed by atoms with Crippen molar-refractivity contribution in [1.82, 2.24) is 0 Å². The summed E-state index contributed by atoms with van der Waals surface area (Å²) in [5.74, 6) is -2.34. The summed E-state index contributed by atoms with van der Waals surface area (Å²) >= 11 is 0.149. The van der Waals surface area contributed by atoms with E-state index in [4.69, 9.17) is 0 Å². The Morgan fingerprint density at radius 2 is 0.939 bits per heavy atom. The van der Waals surface area contributed by atoms with Crippen LogP contribution < -0.4 is 10.2 Å². The standard InChI is InChI=1S/C20H36O4.2C4H9.Sn/c1-5-9-11-15(7-3)13-17(19(21)22)18(20(23)24)14-16(8-4)12-10-6-2;2*1-3-4-2;/h15-16H,5-14H2,1-4H3,(H,21,22)(H,23,24);2*1,3-4H2,2H3;/q;;;+2/p-2/b18-17-;;;. The normalized spacial score (nSPS) is 13.3. The average Bonchev–Trinajstić information content (AvgIpc) is 2.80. The molecular weight excluding hydrogens is 519 g/mol. The summed E-state index contributed by atoms with van der Waals surface area (Å²) in [5, 5.41) is 23.2. The van der Waals surface area contributed by atoms with Gasteiger partial charge in [0.1, 0.15) is 0 Å². The van der Waals surface area contributed by atoms with Crippen LogP contribution in [-0.4, -0.2) is 33.1 Å². The van der Waals surface area contributed by atoms with E-state index in [0.29, 0.717) is 0 Å². The van der Waals surface area contributed by atoms with Crippen molar-refractivity contribution in [3.8, 4) is 0 Å². The maximum atomic E-state index is 11.6. The second kappa shape index (κ2) is 24.6. The van der Waals surface area contributed by atoms with Crippen molar-refractivity contribution in [2.45, 2.75) is 140 Å². The molecule has 0 aromatic heterocycles. The molecule has 0 aliphatic carbocycles. The van der Waals surface area contributed by atoms with Gasteiger partial charge in [-0.15, -0.1) is 0 Å². The Bertz CT molecular complexity index is 472. The zero-order chi connectivity index (χ0) is 25.5. The van der Waals surface area contributed by atoms with Crippen LogP contribution in [0.2, 0.25) is 8.87 Å².